The minimum Gasteiger partial charge on any atom is -0.480 e. The lowest BCUT2D eigenvalue weighted by Crippen LogP contribution is -2.30. The number of benzene rings is 1. The summed E-state index contributed by atoms with van der Waals surface area (Å²) >= 11 is 6.16. The third kappa shape index (κ3) is 4.51. The number of methoxy groups -OCH3 is 1. The first-order valence-electron chi connectivity index (χ1n) is 9.51. The van der Waals surface area contributed by atoms with E-state index >= 15 is 0 Å². The predicted molar refractivity (Wildman–Crippen MR) is 117 cm³/mol. The van der Waals surface area contributed by atoms with Crippen LogP contribution in [0.3, 0.4) is 0 Å². The SMILES string of the molecule is COc1nc(/C(=C/CC2(C)C=NNC2=O)c2ccc(C(C)(C)C)cc2)ccc1Cl. The number of halogens is 1. The van der Waals surface area contributed by atoms with Gasteiger partial charge in [0.05, 0.1) is 18.2 Å². The summed E-state index contributed by atoms with van der Waals surface area (Å²) in [5.74, 6) is 0.255. The van der Waals surface area contributed by atoms with Crippen molar-refractivity contribution in [2.45, 2.75) is 39.5 Å². The Bertz CT molecular complexity index is 975. The molecular formula is C23H26ClN3O2. The summed E-state index contributed by atoms with van der Waals surface area (Å²) in [6.45, 7) is 8.42. The summed E-state index contributed by atoms with van der Waals surface area (Å²) in [7, 11) is 1.54. The molecule has 3 rings (SSSR count). The van der Waals surface area contributed by atoms with Crippen LogP contribution in [0.1, 0.15) is 50.9 Å². The number of nitrogens with zero attached hydrogens (tertiary/aromatic N) is 2. The number of hydrogen-bond donors (Lipinski definition) is 1. The number of amides is 1. The van der Waals surface area contributed by atoms with Crippen LogP contribution in [-0.2, 0) is 10.2 Å². The van der Waals surface area contributed by atoms with E-state index in [-0.39, 0.29) is 11.3 Å². The van der Waals surface area contributed by atoms with E-state index in [1.165, 1.54) is 5.56 Å². The molecule has 1 aromatic heterocycles. The highest BCUT2D eigenvalue weighted by Gasteiger charge is 2.34. The predicted octanol–water partition coefficient (Wildman–Crippen LogP) is 4.98. The zero-order valence-electron chi connectivity index (χ0n) is 17.4. The van der Waals surface area contributed by atoms with E-state index in [1.54, 1.807) is 19.4 Å². The molecule has 1 amide bonds. The summed E-state index contributed by atoms with van der Waals surface area (Å²) in [6, 6.07) is 12.1. The fourth-order valence-electron chi connectivity index (χ4n) is 3.12. The van der Waals surface area contributed by atoms with Crippen LogP contribution in [0, 0.1) is 5.41 Å². The van der Waals surface area contributed by atoms with Gasteiger partial charge in [-0.2, -0.15) is 5.10 Å². The van der Waals surface area contributed by atoms with Gasteiger partial charge >= 0.3 is 0 Å². The second kappa shape index (κ2) is 7.99. The van der Waals surface area contributed by atoms with Gasteiger partial charge in [0, 0.05) is 11.8 Å². The number of ether oxygens (including phenoxy) is 1. The normalized spacial score (nSPS) is 19.4. The van der Waals surface area contributed by atoms with Crippen molar-refractivity contribution >= 4 is 29.3 Å². The highest BCUT2D eigenvalue weighted by molar-refractivity contribution is 6.31. The molecule has 29 heavy (non-hydrogen) atoms. The van der Waals surface area contributed by atoms with Gasteiger partial charge in [-0.05, 0) is 42.0 Å². The summed E-state index contributed by atoms with van der Waals surface area (Å²) in [5, 5.41) is 4.36. The molecule has 1 aliphatic rings. The molecule has 0 fully saturated rings. The van der Waals surface area contributed by atoms with Gasteiger partial charge in [0.1, 0.15) is 5.02 Å². The van der Waals surface area contributed by atoms with E-state index in [1.807, 2.05) is 19.1 Å². The van der Waals surface area contributed by atoms with Crippen LogP contribution < -0.4 is 10.2 Å². The molecule has 1 N–H and O–H groups in total. The molecule has 0 bridgehead atoms. The van der Waals surface area contributed by atoms with Crippen molar-refractivity contribution in [3.05, 3.63) is 64.3 Å². The van der Waals surface area contributed by atoms with Crippen LogP contribution in [0.15, 0.2) is 47.6 Å². The maximum atomic E-state index is 12.2. The Balaban J connectivity index is 2.05. The number of carbonyl (C=O) groups excluding carboxylic acids is 1. The zero-order chi connectivity index (χ0) is 21.2. The van der Waals surface area contributed by atoms with Gasteiger partial charge in [-0.15, -0.1) is 0 Å². The van der Waals surface area contributed by atoms with Crippen molar-refractivity contribution in [3.8, 4) is 5.88 Å². The number of pyridine rings is 1. The molecule has 2 aromatic rings. The maximum Gasteiger partial charge on any atom is 0.251 e. The topological polar surface area (TPSA) is 63.6 Å². The molecule has 1 unspecified atom stereocenters. The fraction of sp³-hybridized carbons (Fsp3) is 0.348. The zero-order valence-corrected chi connectivity index (χ0v) is 18.2. The van der Waals surface area contributed by atoms with Gasteiger partial charge < -0.3 is 4.74 Å². The Labute approximate surface area is 176 Å². The summed E-state index contributed by atoms with van der Waals surface area (Å²) in [4.78, 5) is 16.7. The maximum absolute atomic E-state index is 12.2. The van der Waals surface area contributed by atoms with Crippen molar-refractivity contribution in [1.82, 2.24) is 10.4 Å². The number of nitrogens with one attached hydrogen (secondary N) is 1. The molecule has 0 aliphatic carbocycles. The highest BCUT2D eigenvalue weighted by Crippen LogP contribution is 2.32. The second-order valence-electron chi connectivity index (χ2n) is 8.45. The lowest BCUT2D eigenvalue weighted by molar-refractivity contribution is -0.125. The molecule has 0 spiro atoms. The van der Waals surface area contributed by atoms with Crippen LogP contribution in [-0.4, -0.2) is 24.2 Å². The first-order valence-corrected chi connectivity index (χ1v) is 9.88. The quantitative estimate of drug-likeness (QED) is 0.754. The van der Waals surface area contributed by atoms with E-state index in [0.717, 1.165) is 16.8 Å². The minimum atomic E-state index is -0.687. The molecule has 152 valence electrons. The van der Waals surface area contributed by atoms with Gasteiger partial charge in [-0.3, -0.25) is 4.79 Å². The highest BCUT2D eigenvalue weighted by atomic mass is 35.5. The number of carbonyl (C=O) groups is 1. The summed E-state index contributed by atoms with van der Waals surface area (Å²) < 4.78 is 5.29. The average molecular weight is 412 g/mol. The summed E-state index contributed by atoms with van der Waals surface area (Å²) in [5.41, 5.74) is 5.79. The largest absolute Gasteiger partial charge is 0.480 e. The molecule has 1 atom stereocenters. The average Bonchev–Trinajstić information content (AvgIpc) is 3.01. The van der Waals surface area contributed by atoms with Gasteiger partial charge in [-0.25, -0.2) is 10.4 Å². The van der Waals surface area contributed by atoms with Gasteiger partial charge in [0.25, 0.3) is 5.91 Å². The monoisotopic (exact) mass is 411 g/mol. The van der Waals surface area contributed by atoms with E-state index in [4.69, 9.17) is 16.3 Å². The molecule has 0 radical (unpaired) electrons. The van der Waals surface area contributed by atoms with Crippen molar-refractivity contribution < 1.29 is 9.53 Å². The van der Waals surface area contributed by atoms with Crippen LogP contribution in [0.25, 0.3) is 5.57 Å². The molecule has 2 heterocycles. The van der Waals surface area contributed by atoms with Crippen LogP contribution in [0.2, 0.25) is 5.02 Å². The molecule has 6 heteroatoms. The van der Waals surface area contributed by atoms with Crippen molar-refractivity contribution in [2.75, 3.05) is 7.11 Å². The van der Waals surface area contributed by atoms with E-state index in [2.05, 4.69) is 60.5 Å². The third-order valence-electron chi connectivity index (χ3n) is 5.11. The Kier molecular flexibility index (Phi) is 5.80. The van der Waals surface area contributed by atoms with E-state index in [9.17, 15) is 4.79 Å². The second-order valence-corrected chi connectivity index (χ2v) is 8.86. The van der Waals surface area contributed by atoms with Crippen LogP contribution >= 0.6 is 11.6 Å². The third-order valence-corrected chi connectivity index (χ3v) is 5.40. The Morgan fingerprint density at radius 1 is 1.21 bits per heavy atom. The van der Waals surface area contributed by atoms with E-state index < -0.39 is 5.41 Å². The van der Waals surface area contributed by atoms with E-state index in [0.29, 0.717) is 17.3 Å². The molecule has 5 nitrogen and oxygen atoms in total. The van der Waals surface area contributed by atoms with Crippen molar-refractivity contribution in [3.63, 3.8) is 0 Å². The lowest BCUT2D eigenvalue weighted by Gasteiger charge is -2.20. The molecule has 1 aromatic carbocycles. The fourth-order valence-corrected chi connectivity index (χ4v) is 3.30. The number of allylic oxidation sites excluding steroid dienone is 1. The molecule has 0 saturated carbocycles. The lowest BCUT2D eigenvalue weighted by atomic mass is 9.84. The molecule has 1 aliphatic heterocycles. The minimum absolute atomic E-state index is 0.0655. The first kappa shape index (κ1) is 21.1. The Morgan fingerprint density at radius 2 is 1.90 bits per heavy atom. The van der Waals surface area contributed by atoms with Crippen molar-refractivity contribution in [2.24, 2.45) is 10.5 Å². The van der Waals surface area contributed by atoms with Crippen LogP contribution in [0.4, 0.5) is 0 Å². The van der Waals surface area contributed by atoms with Gasteiger partial charge in [-0.1, -0.05) is 62.7 Å². The smallest absolute Gasteiger partial charge is 0.251 e. The van der Waals surface area contributed by atoms with Crippen LogP contribution in [0.5, 0.6) is 5.88 Å². The standard InChI is InChI=1S/C23H26ClN3O2/c1-22(2,3)16-8-6-15(7-9-16)17(12-13-23(4)14-25-27-21(23)28)19-11-10-18(24)20(26-19)29-5/h6-12,14H,13H2,1-5H3,(H,27,28)/b17-12+. The number of aromatic nitrogens is 1. The molecule has 0 saturated heterocycles. The number of hydrazone groups is 1. The summed E-state index contributed by atoms with van der Waals surface area (Å²) in [6.07, 6.45) is 4.17. The molecular weight excluding hydrogens is 386 g/mol. The van der Waals surface area contributed by atoms with Gasteiger partial charge in [0.15, 0.2) is 0 Å². The van der Waals surface area contributed by atoms with Crippen molar-refractivity contribution in [1.29, 1.82) is 0 Å². The Morgan fingerprint density at radius 3 is 2.45 bits per heavy atom. The number of rotatable bonds is 5. The first-order chi connectivity index (χ1) is 13.6. The number of hydrogen-bond acceptors (Lipinski definition) is 4. The van der Waals surface area contributed by atoms with Gasteiger partial charge in [0.2, 0.25) is 5.88 Å². The Hall–Kier alpha value is -2.66.